The molecule has 3 atom stereocenters. The lowest BCUT2D eigenvalue weighted by atomic mass is 10.0. The largest absolute Gasteiger partial charge is 0.457 e. The van der Waals surface area contributed by atoms with Crippen LogP contribution in [0.5, 0.6) is 0 Å². The molecule has 2 bridgehead atoms. The summed E-state index contributed by atoms with van der Waals surface area (Å²) >= 11 is 12.7. The van der Waals surface area contributed by atoms with Gasteiger partial charge in [-0.3, -0.25) is 0 Å². The van der Waals surface area contributed by atoms with Crippen molar-refractivity contribution < 1.29 is 14.1 Å². The van der Waals surface area contributed by atoms with Crippen molar-refractivity contribution in [1.82, 2.24) is 10.5 Å². The van der Waals surface area contributed by atoms with Crippen LogP contribution in [-0.4, -0.2) is 29.8 Å². The number of nitrogens with one attached hydrogen (secondary N) is 1. The summed E-state index contributed by atoms with van der Waals surface area (Å²) in [5, 5.41) is 8.43. The van der Waals surface area contributed by atoms with Gasteiger partial charge in [-0.2, -0.15) is 0 Å². The molecule has 2 heterocycles. The van der Waals surface area contributed by atoms with Crippen LogP contribution in [0.4, 0.5) is 0 Å². The van der Waals surface area contributed by atoms with Crippen molar-refractivity contribution in [2.45, 2.75) is 43.7 Å². The third-order valence-corrected chi connectivity index (χ3v) is 6.23. The molecule has 2 saturated carbocycles. The first-order valence-corrected chi connectivity index (χ1v) is 9.75. The Kier molecular flexibility index (Phi) is 3.99. The van der Waals surface area contributed by atoms with E-state index in [0.717, 1.165) is 32.2 Å². The molecule has 26 heavy (non-hydrogen) atoms. The van der Waals surface area contributed by atoms with Gasteiger partial charge in [-0.15, -0.1) is 0 Å². The molecular weight excluding hydrogens is 375 g/mol. The van der Waals surface area contributed by atoms with Crippen LogP contribution in [0.3, 0.4) is 0 Å². The zero-order valence-electron chi connectivity index (χ0n) is 14.0. The number of carbonyl (C=O) groups is 1. The number of hydrogen-bond donors (Lipinski definition) is 1. The Labute approximate surface area is 161 Å². The topological polar surface area (TPSA) is 64.4 Å². The Morgan fingerprint density at radius 3 is 2.62 bits per heavy atom. The molecule has 0 unspecified atom stereocenters. The molecule has 1 aromatic heterocycles. The molecule has 3 aliphatic rings. The zero-order chi connectivity index (χ0) is 17.8. The van der Waals surface area contributed by atoms with Crippen molar-refractivity contribution in [2.75, 3.05) is 6.54 Å². The van der Waals surface area contributed by atoms with E-state index >= 15 is 0 Å². The van der Waals surface area contributed by atoms with Gasteiger partial charge in [0.15, 0.2) is 5.76 Å². The van der Waals surface area contributed by atoms with E-state index in [1.807, 2.05) is 0 Å². The summed E-state index contributed by atoms with van der Waals surface area (Å²) in [4.78, 5) is 13.1. The maximum Gasteiger partial charge on any atom is 0.344 e. The fraction of sp³-hybridized carbons (Fsp3) is 0.474. The summed E-state index contributed by atoms with van der Waals surface area (Å²) < 4.78 is 11.4. The molecule has 5 rings (SSSR count). The third-order valence-electron chi connectivity index (χ3n) is 5.60. The van der Waals surface area contributed by atoms with Crippen LogP contribution in [-0.2, 0) is 4.74 Å². The van der Waals surface area contributed by atoms with Crippen molar-refractivity contribution in [3.05, 3.63) is 39.6 Å². The van der Waals surface area contributed by atoms with Gasteiger partial charge in [-0.1, -0.05) is 34.4 Å². The number of esters is 1. The molecule has 0 spiro atoms. The Morgan fingerprint density at radius 1 is 1.23 bits per heavy atom. The van der Waals surface area contributed by atoms with E-state index < -0.39 is 5.97 Å². The first-order valence-electron chi connectivity index (χ1n) is 9.00. The van der Waals surface area contributed by atoms with E-state index in [9.17, 15) is 4.79 Å². The Morgan fingerprint density at radius 2 is 2.00 bits per heavy atom. The molecule has 1 aromatic carbocycles. The van der Waals surface area contributed by atoms with Crippen LogP contribution in [0.2, 0.25) is 10.0 Å². The molecular formula is C19H18Cl2N2O3. The van der Waals surface area contributed by atoms with Gasteiger partial charge in [0, 0.05) is 17.5 Å². The number of rotatable bonds is 4. The van der Waals surface area contributed by atoms with E-state index in [0.29, 0.717) is 38.5 Å². The summed E-state index contributed by atoms with van der Waals surface area (Å²) in [6, 6.07) is 5.46. The van der Waals surface area contributed by atoms with E-state index in [-0.39, 0.29) is 18.1 Å². The molecule has 1 aliphatic heterocycles. The molecule has 3 fully saturated rings. The van der Waals surface area contributed by atoms with Crippen molar-refractivity contribution in [1.29, 1.82) is 0 Å². The Hall–Kier alpha value is -1.56. The number of fused-ring (bicyclic) bond motifs is 2. The lowest BCUT2D eigenvalue weighted by Crippen LogP contribution is -2.39. The fourth-order valence-corrected chi connectivity index (χ4v) is 4.72. The second-order valence-corrected chi connectivity index (χ2v) is 8.25. The number of piperidine rings is 1. The smallest absolute Gasteiger partial charge is 0.344 e. The number of halogens is 2. The summed E-state index contributed by atoms with van der Waals surface area (Å²) in [6.45, 7) is 1.01. The lowest BCUT2D eigenvalue weighted by molar-refractivity contribution is 0.0218. The summed E-state index contributed by atoms with van der Waals surface area (Å²) in [5.41, 5.74) is 1.28. The molecule has 2 aromatic rings. The van der Waals surface area contributed by atoms with Gasteiger partial charge >= 0.3 is 5.97 Å². The van der Waals surface area contributed by atoms with Gasteiger partial charge < -0.3 is 14.6 Å². The Bertz CT molecular complexity index is 857. The van der Waals surface area contributed by atoms with Crippen LogP contribution in [0.25, 0.3) is 11.3 Å². The highest BCUT2D eigenvalue weighted by atomic mass is 35.5. The molecule has 5 nitrogen and oxygen atoms in total. The van der Waals surface area contributed by atoms with Crippen LogP contribution < -0.4 is 5.32 Å². The number of carbonyl (C=O) groups excluding carboxylic acids is 1. The highest BCUT2D eigenvalue weighted by molar-refractivity contribution is 6.39. The van der Waals surface area contributed by atoms with Crippen molar-refractivity contribution >= 4 is 29.2 Å². The lowest BCUT2D eigenvalue weighted by Gasteiger charge is -2.23. The van der Waals surface area contributed by atoms with E-state index in [1.165, 1.54) is 0 Å². The third kappa shape index (κ3) is 2.73. The number of ether oxygens (including phenoxy) is 1. The number of nitrogens with zero attached hydrogens (tertiary/aromatic N) is 1. The van der Waals surface area contributed by atoms with Crippen molar-refractivity contribution in [3.8, 4) is 11.3 Å². The minimum Gasteiger partial charge on any atom is -0.457 e. The first-order chi connectivity index (χ1) is 12.6. The van der Waals surface area contributed by atoms with Crippen LogP contribution in [0.15, 0.2) is 22.7 Å². The number of benzene rings is 1. The van der Waals surface area contributed by atoms with Gasteiger partial charge in [-0.05, 0) is 50.3 Å². The van der Waals surface area contributed by atoms with Gasteiger partial charge in [0.2, 0.25) is 0 Å². The van der Waals surface area contributed by atoms with Crippen LogP contribution >= 0.6 is 23.2 Å². The van der Waals surface area contributed by atoms with Crippen LogP contribution in [0, 0.1) is 5.92 Å². The second kappa shape index (κ2) is 6.25. The van der Waals surface area contributed by atoms with E-state index in [2.05, 4.69) is 10.5 Å². The average Bonchev–Trinajstić information content (AvgIpc) is 3.03. The highest BCUT2D eigenvalue weighted by Gasteiger charge is 2.43. The predicted molar refractivity (Wildman–Crippen MR) is 97.7 cm³/mol. The molecule has 0 radical (unpaired) electrons. The highest BCUT2D eigenvalue weighted by Crippen LogP contribution is 2.46. The fourth-order valence-electron chi connectivity index (χ4n) is 4.15. The van der Waals surface area contributed by atoms with E-state index in [1.54, 1.807) is 18.2 Å². The monoisotopic (exact) mass is 392 g/mol. The summed E-state index contributed by atoms with van der Waals surface area (Å²) in [6.07, 6.45) is 3.86. The molecule has 136 valence electrons. The summed E-state index contributed by atoms with van der Waals surface area (Å²) in [7, 11) is 0. The summed E-state index contributed by atoms with van der Waals surface area (Å²) in [5.74, 6) is 1.02. The first kappa shape index (κ1) is 16.6. The van der Waals surface area contributed by atoms with Crippen LogP contribution in [0.1, 0.15) is 47.7 Å². The molecule has 2 aliphatic carbocycles. The van der Waals surface area contributed by atoms with Gasteiger partial charge in [0.1, 0.15) is 17.4 Å². The average molecular weight is 393 g/mol. The van der Waals surface area contributed by atoms with Crippen molar-refractivity contribution in [2.24, 2.45) is 5.92 Å². The van der Waals surface area contributed by atoms with Gasteiger partial charge in [0.25, 0.3) is 0 Å². The number of hydrogen-bond acceptors (Lipinski definition) is 5. The molecule has 7 heteroatoms. The molecule has 0 amide bonds. The quantitative estimate of drug-likeness (QED) is 0.779. The van der Waals surface area contributed by atoms with Gasteiger partial charge in [-0.25, -0.2) is 4.79 Å². The zero-order valence-corrected chi connectivity index (χ0v) is 15.5. The number of aromatic nitrogens is 1. The minimum atomic E-state index is -0.390. The normalized spacial score (nSPS) is 27.1. The maximum atomic E-state index is 13.1. The standard InChI is InChI=1S/C19H18Cl2N2O3/c20-11-2-1-3-12(21)15(11)17-16(18(26-23-17)10-4-5-10)19(24)25-14-7-9-6-13(14)22-8-9/h1-3,9-10,13-14,22H,4-8H2/t9-,13+,14-/m0/s1. The molecule has 1 saturated heterocycles. The maximum absolute atomic E-state index is 13.1. The SMILES string of the molecule is O=C(O[C@H]1C[C@H]2CN[C@@H]1C2)c1c(-c2c(Cl)cccc2Cl)noc1C1CC1. The van der Waals surface area contributed by atoms with Gasteiger partial charge in [0.05, 0.1) is 10.0 Å². The molecule has 1 N–H and O–H groups in total. The van der Waals surface area contributed by atoms with Crippen molar-refractivity contribution in [3.63, 3.8) is 0 Å². The second-order valence-electron chi connectivity index (χ2n) is 7.44. The predicted octanol–water partition coefficient (Wildman–Crippen LogP) is 4.43. The van der Waals surface area contributed by atoms with E-state index in [4.69, 9.17) is 32.5 Å². The minimum absolute atomic E-state index is 0.0993. The Balaban J connectivity index is 1.52.